The van der Waals surface area contributed by atoms with E-state index in [0.29, 0.717) is 11.5 Å². The third kappa shape index (κ3) is 2.82. The minimum absolute atomic E-state index is 0.000660. The van der Waals surface area contributed by atoms with Crippen LogP contribution in [-0.4, -0.2) is 30.3 Å². The Bertz CT molecular complexity index is 588. The normalized spacial score (nSPS) is 10.0. The van der Waals surface area contributed by atoms with Crippen molar-refractivity contribution in [2.45, 2.75) is 0 Å². The van der Waals surface area contributed by atoms with Gasteiger partial charge in [0.15, 0.2) is 0 Å². The van der Waals surface area contributed by atoms with E-state index in [1.54, 1.807) is 26.4 Å². The number of benzene rings is 1. The average molecular weight is 259 g/mol. The smallest absolute Gasteiger partial charge is 0.354 e. The molecule has 0 saturated carbocycles. The molecule has 0 unspecified atom stereocenters. The maximum absolute atomic E-state index is 10.9. The van der Waals surface area contributed by atoms with E-state index >= 15 is 0 Å². The zero-order valence-electron chi connectivity index (χ0n) is 10.6. The van der Waals surface area contributed by atoms with Crippen molar-refractivity contribution in [1.82, 2.24) is 4.98 Å². The van der Waals surface area contributed by atoms with Gasteiger partial charge in [0.05, 0.1) is 14.2 Å². The SMILES string of the molecule is COc1cc(OC)cc(-c2ccnc(C(=O)O)c2)c1. The Labute approximate surface area is 110 Å². The fourth-order valence-corrected chi connectivity index (χ4v) is 1.70. The molecule has 0 aliphatic heterocycles. The summed E-state index contributed by atoms with van der Waals surface area (Å²) in [6.07, 6.45) is 1.46. The molecule has 1 aromatic heterocycles. The van der Waals surface area contributed by atoms with E-state index in [4.69, 9.17) is 14.6 Å². The van der Waals surface area contributed by atoms with Crippen molar-refractivity contribution in [3.8, 4) is 22.6 Å². The molecule has 98 valence electrons. The van der Waals surface area contributed by atoms with Crippen molar-refractivity contribution in [2.75, 3.05) is 14.2 Å². The van der Waals surface area contributed by atoms with Crippen LogP contribution in [0.5, 0.6) is 11.5 Å². The maximum atomic E-state index is 10.9. The molecule has 0 fully saturated rings. The molecule has 0 spiro atoms. The quantitative estimate of drug-likeness (QED) is 0.913. The van der Waals surface area contributed by atoms with E-state index in [1.165, 1.54) is 12.3 Å². The van der Waals surface area contributed by atoms with E-state index in [-0.39, 0.29) is 5.69 Å². The molecule has 2 aromatic rings. The highest BCUT2D eigenvalue weighted by Crippen LogP contribution is 2.29. The number of hydrogen-bond acceptors (Lipinski definition) is 4. The van der Waals surface area contributed by atoms with Crippen molar-refractivity contribution >= 4 is 5.97 Å². The molecule has 1 heterocycles. The molecule has 0 radical (unpaired) electrons. The largest absolute Gasteiger partial charge is 0.497 e. The van der Waals surface area contributed by atoms with Crippen LogP contribution in [0.4, 0.5) is 0 Å². The second-order valence-electron chi connectivity index (χ2n) is 3.84. The number of aromatic nitrogens is 1. The molecule has 1 N–H and O–H groups in total. The van der Waals surface area contributed by atoms with Crippen LogP contribution >= 0.6 is 0 Å². The fourth-order valence-electron chi connectivity index (χ4n) is 1.70. The van der Waals surface area contributed by atoms with Crippen LogP contribution in [0.1, 0.15) is 10.5 Å². The number of ether oxygens (including phenoxy) is 2. The first-order valence-electron chi connectivity index (χ1n) is 5.57. The molecule has 0 saturated heterocycles. The molecule has 0 bridgehead atoms. The first-order valence-corrected chi connectivity index (χ1v) is 5.57. The van der Waals surface area contributed by atoms with Crippen molar-refractivity contribution in [3.63, 3.8) is 0 Å². The highest BCUT2D eigenvalue weighted by Gasteiger charge is 2.08. The molecule has 5 nitrogen and oxygen atoms in total. The predicted molar refractivity (Wildman–Crippen MR) is 69.7 cm³/mol. The van der Waals surface area contributed by atoms with Crippen molar-refractivity contribution < 1.29 is 19.4 Å². The number of methoxy groups -OCH3 is 2. The van der Waals surface area contributed by atoms with E-state index in [2.05, 4.69) is 4.98 Å². The maximum Gasteiger partial charge on any atom is 0.354 e. The molecule has 0 amide bonds. The Morgan fingerprint density at radius 3 is 2.21 bits per heavy atom. The number of aromatic carboxylic acids is 1. The summed E-state index contributed by atoms with van der Waals surface area (Å²) in [7, 11) is 3.13. The number of hydrogen-bond donors (Lipinski definition) is 1. The molecule has 0 aliphatic carbocycles. The molecule has 0 atom stereocenters. The third-order valence-corrected chi connectivity index (χ3v) is 2.66. The van der Waals surface area contributed by atoms with Gasteiger partial charge in [0.2, 0.25) is 0 Å². The fraction of sp³-hybridized carbons (Fsp3) is 0.143. The zero-order valence-corrected chi connectivity index (χ0v) is 10.6. The number of carboxylic acid groups (broad SMARTS) is 1. The van der Waals surface area contributed by atoms with Gasteiger partial charge in [-0.25, -0.2) is 9.78 Å². The summed E-state index contributed by atoms with van der Waals surface area (Å²) in [6, 6.07) is 8.62. The van der Waals surface area contributed by atoms with E-state index in [9.17, 15) is 4.79 Å². The van der Waals surface area contributed by atoms with Crippen molar-refractivity contribution in [3.05, 3.63) is 42.2 Å². The van der Waals surface area contributed by atoms with Gasteiger partial charge >= 0.3 is 5.97 Å². The number of pyridine rings is 1. The van der Waals surface area contributed by atoms with Gasteiger partial charge in [-0.3, -0.25) is 0 Å². The van der Waals surface area contributed by atoms with Gasteiger partial charge < -0.3 is 14.6 Å². The average Bonchev–Trinajstić information content (AvgIpc) is 2.46. The number of nitrogens with zero attached hydrogens (tertiary/aromatic N) is 1. The predicted octanol–water partition coefficient (Wildman–Crippen LogP) is 2.46. The Morgan fingerprint density at radius 2 is 1.68 bits per heavy atom. The standard InChI is InChI=1S/C14H13NO4/c1-18-11-5-10(6-12(8-11)19-2)9-3-4-15-13(7-9)14(16)17/h3-8H,1-2H3,(H,16,17). The monoisotopic (exact) mass is 259 g/mol. The lowest BCUT2D eigenvalue weighted by atomic mass is 10.1. The molecule has 0 aliphatic rings. The van der Waals surface area contributed by atoms with E-state index in [1.807, 2.05) is 12.1 Å². The Kier molecular flexibility index (Phi) is 3.66. The van der Waals surface area contributed by atoms with Gasteiger partial charge in [0, 0.05) is 12.3 Å². The topological polar surface area (TPSA) is 68.7 Å². The summed E-state index contributed by atoms with van der Waals surface area (Å²) in [5.41, 5.74) is 1.55. The molecule has 1 aromatic carbocycles. The van der Waals surface area contributed by atoms with E-state index in [0.717, 1.165) is 11.1 Å². The molecule has 19 heavy (non-hydrogen) atoms. The third-order valence-electron chi connectivity index (χ3n) is 2.66. The number of rotatable bonds is 4. The zero-order chi connectivity index (χ0) is 13.8. The van der Waals surface area contributed by atoms with Crippen LogP contribution in [-0.2, 0) is 0 Å². The molecule has 2 rings (SSSR count). The molecular formula is C14H13NO4. The lowest BCUT2D eigenvalue weighted by Gasteiger charge is -2.08. The van der Waals surface area contributed by atoms with Crippen LogP contribution in [0.25, 0.3) is 11.1 Å². The molecule has 5 heteroatoms. The first kappa shape index (κ1) is 12.9. The van der Waals surface area contributed by atoms with Crippen LogP contribution in [0, 0.1) is 0 Å². The van der Waals surface area contributed by atoms with Gasteiger partial charge in [0.1, 0.15) is 17.2 Å². The second kappa shape index (κ2) is 5.39. The Balaban J connectivity index is 2.51. The van der Waals surface area contributed by atoms with Crippen molar-refractivity contribution in [2.24, 2.45) is 0 Å². The van der Waals surface area contributed by atoms with Gasteiger partial charge in [-0.05, 0) is 35.4 Å². The van der Waals surface area contributed by atoms with Crippen molar-refractivity contribution in [1.29, 1.82) is 0 Å². The minimum atomic E-state index is -1.06. The summed E-state index contributed by atoms with van der Waals surface area (Å²) in [4.78, 5) is 14.7. The number of carboxylic acids is 1. The summed E-state index contributed by atoms with van der Waals surface area (Å²) in [5, 5.41) is 8.95. The molecular weight excluding hydrogens is 246 g/mol. The highest BCUT2D eigenvalue weighted by atomic mass is 16.5. The van der Waals surface area contributed by atoms with E-state index < -0.39 is 5.97 Å². The first-order chi connectivity index (χ1) is 9.13. The second-order valence-corrected chi connectivity index (χ2v) is 3.84. The van der Waals surface area contributed by atoms with Crippen LogP contribution in [0.15, 0.2) is 36.5 Å². The lowest BCUT2D eigenvalue weighted by molar-refractivity contribution is 0.0690. The lowest BCUT2D eigenvalue weighted by Crippen LogP contribution is -1.99. The highest BCUT2D eigenvalue weighted by molar-refractivity contribution is 5.87. The van der Waals surface area contributed by atoms with Gasteiger partial charge in [-0.1, -0.05) is 0 Å². The summed E-state index contributed by atoms with van der Waals surface area (Å²) in [6.45, 7) is 0. The van der Waals surface area contributed by atoms with Crippen LogP contribution in [0.2, 0.25) is 0 Å². The van der Waals surface area contributed by atoms with Crippen LogP contribution in [0.3, 0.4) is 0 Å². The van der Waals surface area contributed by atoms with Gasteiger partial charge in [-0.2, -0.15) is 0 Å². The summed E-state index contributed by atoms with van der Waals surface area (Å²) >= 11 is 0. The minimum Gasteiger partial charge on any atom is -0.497 e. The Morgan fingerprint density at radius 1 is 1.05 bits per heavy atom. The summed E-state index contributed by atoms with van der Waals surface area (Å²) in [5.74, 6) is 0.225. The van der Waals surface area contributed by atoms with Crippen LogP contribution < -0.4 is 9.47 Å². The van der Waals surface area contributed by atoms with Gasteiger partial charge in [0.25, 0.3) is 0 Å². The Hall–Kier alpha value is -2.56. The summed E-state index contributed by atoms with van der Waals surface area (Å²) < 4.78 is 10.4. The number of carbonyl (C=O) groups is 1. The van der Waals surface area contributed by atoms with Gasteiger partial charge in [-0.15, -0.1) is 0 Å².